The number of rotatable bonds is 2. The Hall–Kier alpha value is -1.34. The number of nitrogens with zero attached hydrogens (tertiary/aromatic N) is 2. The number of carbonyl (C=O) groups excluding carboxylic acids is 2. The molecule has 0 bridgehead atoms. The van der Waals surface area contributed by atoms with E-state index in [4.69, 9.17) is 17.3 Å². The fourth-order valence-electron chi connectivity index (χ4n) is 4.18. The molecule has 3 N–H and O–H groups in total. The van der Waals surface area contributed by atoms with E-state index >= 15 is 0 Å². The van der Waals surface area contributed by atoms with E-state index in [9.17, 15) is 9.59 Å². The van der Waals surface area contributed by atoms with Gasteiger partial charge in [-0.3, -0.25) is 0 Å². The monoisotopic (exact) mass is 474 g/mol. The predicted molar refractivity (Wildman–Crippen MR) is 105 cm³/mol. The Bertz CT molecular complexity index is 872. The Morgan fingerprint density at radius 2 is 2.04 bits per heavy atom. The first-order valence-corrected chi connectivity index (χ1v) is 12.5. The van der Waals surface area contributed by atoms with Gasteiger partial charge in [-0.25, -0.2) is 0 Å². The predicted octanol–water partition coefficient (Wildman–Crippen LogP) is 1.24. The van der Waals surface area contributed by atoms with E-state index in [1.165, 1.54) is 3.26 Å². The fraction of sp³-hybridized carbons (Fsp3) is 0.444. The summed E-state index contributed by atoms with van der Waals surface area (Å²) < 4.78 is 1.49. The van der Waals surface area contributed by atoms with Crippen molar-refractivity contribution < 1.29 is 9.59 Å². The molecule has 1 amide bonds. The van der Waals surface area contributed by atoms with Crippen LogP contribution in [0.25, 0.3) is 5.57 Å². The van der Waals surface area contributed by atoms with Crippen molar-refractivity contribution in [2.75, 3.05) is 30.3 Å². The Morgan fingerprint density at radius 3 is 2.62 bits per heavy atom. The number of nitrogens with one attached hydrogen (secondary N) is 1. The maximum atomic E-state index is 12.5. The molecule has 0 unspecified atom stereocenters. The topological polar surface area (TPSA) is 88.3 Å². The second-order valence-corrected chi connectivity index (χ2v) is 12.6. The third-order valence-electron chi connectivity index (χ3n) is 5.71. The van der Waals surface area contributed by atoms with Crippen LogP contribution >= 0.6 is 11.6 Å². The molecular weight excluding hydrogens is 454 g/mol. The van der Waals surface area contributed by atoms with E-state index in [0.29, 0.717) is 5.02 Å². The maximum absolute atomic E-state index is 12.5. The van der Waals surface area contributed by atoms with Crippen LogP contribution in [0, 0.1) is 5.41 Å². The second kappa shape index (κ2) is 6.68. The number of hydrogen-bond acceptors (Lipinski definition) is 5. The Balaban J connectivity index is 1.69. The Morgan fingerprint density at radius 1 is 1.31 bits per heavy atom. The molecule has 0 aliphatic carbocycles. The molecule has 2 saturated heterocycles. The van der Waals surface area contributed by atoms with Crippen LogP contribution in [0.4, 0.5) is 11.5 Å². The van der Waals surface area contributed by atoms with Crippen molar-refractivity contribution in [2.24, 2.45) is 5.41 Å². The van der Waals surface area contributed by atoms with Crippen molar-refractivity contribution in [1.82, 2.24) is 10.3 Å². The molecule has 8 heteroatoms. The number of pyridine rings is 1. The average Bonchev–Trinajstić information content (AvgIpc) is 3.13. The summed E-state index contributed by atoms with van der Waals surface area (Å²) in [5.74, 6) is 0.447. The quantitative estimate of drug-likeness (QED) is 0.674. The van der Waals surface area contributed by atoms with Gasteiger partial charge in [-0.05, 0) is 0 Å². The van der Waals surface area contributed by atoms with Crippen LogP contribution in [0.1, 0.15) is 31.7 Å². The van der Waals surface area contributed by atoms with Crippen LogP contribution in [0.15, 0.2) is 12.3 Å². The van der Waals surface area contributed by atoms with E-state index in [2.05, 4.69) is 15.2 Å². The Kier molecular flexibility index (Phi) is 4.63. The molecule has 2 fully saturated rings. The molecule has 4 heterocycles. The van der Waals surface area contributed by atoms with Crippen molar-refractivity contribution in [3.63, 3.8) is 0 Å². The number of amides is 1. The number of aromatic nitrogens is 1. The zero-order valence-electron chi connectivity index (χ0n) is 14.6. The molecule has 6 nitrogen and oxygen atoms in total. The summed E-state index contributed by atoms with van der Waals surface area (Å²) in [5.41, 5.74) is 8.02. The van der Waals surface area contributed by atoms with Crippen molar-refractivity contribution in [3.05, 3.63) is 22.9 Å². The number of nitrogen functional groups attached to an aromatic ring is 1. The van der Waals surface area contributed by atoms with Crippen LogP contribution in [-0.2, 0) is 9.59 Å². The molecule has 0 saturated carbocycles. The van der Waals surface area contributed by atoms with Crippen molar-refractivity contribution in [1.29, 1.82) is 0 Å². The first-order valence-electron chi connectivity index (χ1n) is 8.83. The summed E-state index contributed by atoms with van der Waals surface area (Å²) in [6.45, 7) is 4.22. The molecule has 3 aliphatic rings. The van der Waals surface area contributed by atoms with Crippen molar-refractivity contribution >= 4 is 63.8 Å². The van der Waals surface area contributed by atoms with Gasteiger partial charge in [0, 0.05) is 0 Å². The minimum absolute atomic E-state index is 0.171. The Labute approximate surface area is 168 Å². The summed E-state index contributed by atoms with van der Waals surface area (Å²) in [5, 5.41) is 3.36. The minimum atomic E-state index is -1.36. The number of carbonyl (C=O) groups is 2. The molecule has 4 rings (SSSR count). The van der Waals surface area contributed by atoms with Crippen molar-refractivity contribution in [2.45, 2.75) is 26.2 Å². The average molecular weight is 475 g/mol. The van der Waals surface area contributed by atoms with Crippen LogP contribution in [0.2, 0.25) is 5.02 Å². The zero-order valence-corrected chi connectivity index (χ0v) is 18.7. The first kappa shape index (κ1) is 18.0. The molecular formula is C18H20ClInN4O2. The molecule has 1 aromatic rings. The molecule has 3 aliphatic heterocycles. The van der Waals surface area contributed by atoms with Gasteiger partial charge in [-0.1, -0.05) is 0 Å². The van der Waals surface area contributed by atoms with E-state index in [0.717, 1.165) is 55.7 Å². The van der Waals surface area contributed by atoms with Crippen molar-refractivity contribution in [3.8, 4) is 0 Å². The molecule has 26 heavy (non-hydrogen) atoms. The van der Waals surface area contributed by atoms with E-state index in [1.54, 1.807) is 6.20 Å². The van der Waals surface area contributed by atoms with Gasteiger partial charge in [0.1, 0.15) is 0 Å². The number of halogens is 1. The van der Waals surface area contributed by atoms with E-state index < -0.39 is 22.4 Å². The molecule has 1 spiro atoms. The van der Waals surface area contributed by atoms with Gasteiger partial charge in [0.05, 0.1) is 0 Å². The summed E-state index contributed by atoms with van der Waals surface area (Å²) in [6.07, 6.45) is 6.13. The number of nitrogens with two attached hydrogens (primary N) is 1. The van der Waals surface area contributed by atoms with E-state index in [-0.39, 0.29) is 20.7 Å². The van der Waals surface area contributed by atoms with Crippen LogP contribution in [0.3, 0.4) is 0 Å². The van der Waals surface area contributed by atoms with Crippen LogP contribution in [0.5, 0.6) is 0 Å². The molecule has 1 aromatic heterocycles. The third kappa shape index (κ3) is 2.89. The van der Waals surface area contributed by atoms with E-state index in [1.807, 2.05) is 13.0 Å². The van der Waals surface area contributed by atoms with Gasteiger partial charge >= 0.3 is 168 Å². The summed E-state index contributed by atoms with van der Waals surface area (Å²) in [7, 11) is 0. The van der Waals surface area contributed by atoms with Gasteiger partial charge in [-0.15, -0.1) is 0 Å². The zero-order chi connectivity index (χ0) is 18.5. The SMILES string of the molecule is C[C]1=[In][C](=O)C(c2cnc(N)c(Cl)c2N2CCC3(CCNC3=O)CC2)=C1. The fourth-order valence-corrected chi connectivity index (χ4v) is 7.47. The van der Waals surface area contributed by atoms with Gasteiger partial charge < -0.3 is 0 Å². The summed E-state index contributed by atoms with van der Waals surface area (Å²) in [4.78, 5) is 31.1. The molecule has 134 valence electrons. The summed E-state index contributed by atoms with van der Waals surface area (Å²) in [6, 6.07) is 0. The number of piperidine rings is 1. The van der Waals surface area contributed by atoms with Gasteiger partial charge in [0.15, 0.2) is 0 Å². The van der Waals surface area contributed by atoms with Gasteiger partial charge in [0.25, 0.3) is 0 Å². The standard InChI is InChI=1S/C18H20ClN4O2.In/c1-2-3-12(11-24)13-10-22-16(20)14(19)15(13)23-8-5-18(6-9-23)4-7-21-17(18)25;/h3,10H,4-9H2,1H3,(H2,20,22)(H,21,25);. The second-order valence-electron chi connectivity index (χ2n) is 7.30. The third-order valence-corrected chi connectivity index (χ3v) is 9.50. The molecule has 0 radical (unpaired) electrons. The van der Waals surface area contributed by atoms with Gasteiger partial charge in [0.2, 0.25) is 0 Å². The first-order chi connectivity index (χ1) is 12.4. The number of hydrogen-bond donors (Lipinski definition) is 2. The van der Waals surface area contributed by atoms with Crippen LogP contribution < -0.4 is 16.0 Å². The molecule has 0 atom stereocenters. The molecule has 0 aromatic carbocycles. The number of anilines is 2. The van der Waals surface area contributed by atoms with Gasteiger partial charge in [-0.2, -0.15) is 0 Å². The van der Waals surface area contributed by atoms with Crippen LogP contribution in [-0.4, -0.2) is 59.7 Å². The number of allylic oxidation sites excluding steroid dienone is 2. The summed E-state index contributed by atoms with van der Waals surface area (Å²) >= 11 is 5.18. The normalized spacial score (nSPS) is 21.5.